The summed E-state index contributed by atoms with van der Waals surface area (Å²) in [5.41, 5.74) is 0.770. The van der Waals surface area contributed by atoms with Crippen LogP contribution in [0.1, 0.15) is 48.5 Å². The maximum Gasteiger partial charge on any atom is 0.415 e. The van der Waals surface area contributed by atoms with Crippen LogP contribution >= 0.6 is 0 Å². The highest BCUT2D eigenvalue weighted by atomic mass is 19.1. The van der Waals surface area contributed by atoms with Gasteiger partial charge >= 0.3 is 6.09 Å². The Labute approximate surface area is 117 Å². The number of hydrogen-bond donors (Lipinski definition) is 0. The van der Waals surface area contributed by atoms with Crippen LogP contribution in [0.25, 0.3) is 0 Å². The summed E-state index contributed by atoms with van der Waals surface area (Å²) < 4.78 is 19.1. The van der Waals surface area contributed by atoms with Gasteiger partial charge in [0.15, 0.2) is 17.9 Å². The number of hydrogen-bond acceptors (Lipinski definition) is 3. The van der Waals surface area contributed by atoms with Crippen LogP contribution in [0.3, 0.4) is 0 Å². The summed E-state index contributed by atoms with van der Waals surface area (Å²) in [5, 5.41) is 0. The van der Waals surface area contributed by atoms with Crippen LogP contribution in [0.4, 0.5) is 9.18 Å². The lowest BCUT2D eigenvalue weighted by Gasteiger charge is -2.17. The Bertz CT molecular complexity index is 522. The van der Waals surface area contributed by atoms with Crippen molar-refractivity contribution in [2.45, 2.75) is 32.6 Å². The van der Waals surface area contributed by atoms with Gasteiger partial charge in [-0.05, 0) is 36.5 Å². The zero-order valence-corrected chi connectivity index (χ0v) is 11.7. The van der Waals surface area contributed by atoms with E-state index in [9.17, 15) is 14.0 Å². The molecular formula is C15H18FNO3. The zero-order chi connectivity index (χ0) is 14.7. The van der Waals surface area contributed by atoms with E-state index in [1.54, 1.807) is 6.07 Å². The van der Waals surface area contributed by atoms with Crippen LogP contribution < -0.4 is 4.74 Å². The third-order valence-corrected chi connectivity index (χ3v) is 3.44. The van der Waals surface area contributed by atoms with Gasteiger partial charge in [0.2, 0.25) is 0 Å². The Morgan fingerprint density at radius 1 is 1.35 bits per heavy atom. The minimum atomic E-state index is -0.675. The molecule has 1 fully saturated rings. The Morgan fingerprint density at radius 3 is 2.55 bits per heavy atom. The highest BCUT2D eigenvalue weighted by Gasteiger charge is 2.23. The van der Waals surface area contributed by atoms with Crippen LogP contribution in [-0.4, -0.2) is 30.4 Å². The van der Waals surface area contributed by atoms with E-state index in [1.165, 1.54) is 11.0 Å². The topological polar surface area (TPSA) is 46.6 Å². The van der Waals surface area contributed by atoms with Gasteiger partial charge in [-0.2, -0.15) is 0 Å². The second-order valence-corrected chi connectivity index (χ2v) is 5.26. The minimum absolute atomic E-state index is 0.0706. The van der Waals surface area contributed by atoms with Crippen molar-refractivity contribution in [2.75, 3.05) is 13.1 Å². The van der Waals surface area contributed by atoms with Crippen molar-refractivity contribution in [1.82, 2.24) is 4.90 Å². The largest absolute Gasteiger partial charge is 0.415 e. The van der Waals surface area contributed by atoms with Gasteiger partial charge in [0.1, 0.15) is 0 Å². The molecule has 20 heavy (non-hydrogen) atoms. The number of nitrogens with zero attached hydrogens (tertiary/aromatic N) is 1. The summed E-state index contributed by atoms with van der Waals surface area (Å²) in [7, 11) is 0. The van der Waals surface area contributed by atoms with E-state index in [-0.39, 0.29) is 17.2 Å². The number of carbonyl (C=O) groups is 2. The molecule has 1 aliphatic rings. The van der Waals surface area contributed by atoms with Crippen molar-refractivity contribution in [3.8, 4) is 5.75 Å². The third kappa shape index (κ3) is 2.98. The average Bonchev–Trinajstić information content (AvgIpc) is 2.94. The summed E-state index contributed by atoms with van der Waals surface area (Å²) in [6, 6.07) is 2.87. The van der Waals surface area contributed by atoms with Crippen LogP contribution in [0.5, 0.6) is 5.75 Å². The first-order valence-electron chi connectivity index (χ1n) is 6.78. The van der Waals surface area contributed by atoms with E-state index in [0.29, 0.717) is 24.9 Å². The molecule has 0 spiro atoms. The van der Waals surface area contributed by atoms with E-state index in [0.717, 1.165) is 12.8 Å². The summed E-state index contributed by atoms with van der Waals surface area (Å²) in [6.07, 6.45) is 1.76. The molecule has 0 bridgehead atoms. The molecule has 1 aromatic carbocycles. The Hall–Kier alpha value is -1.91. The normalized spacial score (nSPS) is 14.7. The molecule has 108 valence electrons. The van der Waals surface area contributed by atoms with Gasteiger partial charge in [-0.1, -0.05) is 13.8 Å². The standard InChI is InChI=1S/C15H18FNO3/c1-10(2)11-7-12(9-18)14(13(16)8-11)20-15(19)17-5-3-4-6-17/h7-10H,3-6H2,1-2H3. The Balaban J connectivity index is 2.26. The van der Waals surface area contributed by atoms with Crippen LogP contribution in [0.2, 0.25) is 0 Å². The quantitative estimate of drug-likeness (QED) is 0.797. The predicted octanol–water partition coefficient (Wildman–Crippen LogP) is 3.36. The highest BCUT2D eigenvalue weighted by molar-refractivity contribution is 5.82. The molecule has 2 rings (SSSR count). The number of benzene rings is 1. The zero-order valence-electron chi connectivity index (χ0n) is 11.7. The number of rotatable bonds is 3. The van der Waals surface area contributed by atoms with Gasteiger partial charge in [0, 0.05) is 13.1 Å². The molecule has 1 saturated heterocycles. The lowest BCUT2D eigenvalue weighted by atomic mass is 10.0. The van der Waals surface area contributed by atoms with Crippen molar-refractivity contribution in [3.63, 3.8) is 0 Å². The molecule has 1 aliphatic heterocycles. The van der Waals surface area contributed by atoms with Gasteiger partial charge < -0.3 is 9.64 Å². The molecule has 1 aromatic rings. The molecule has 0 atom stereocenters. The first-order valence-corrected chi connectivity index (χ1v) is 6.78. The lowest BCUT2D eigenvalue weighted by Crippen LogP contribution is -2.31. The summed E-state index contributed by atoms with van der Waals surface area (Å²) in [4.78, 5) is 24.5. The van der Waals surface area contributed by atoms with Crippen LogP contribution in [0, 0.1) is 5.82 Å². The lowest BCUT2D eigenvalue weighted by molar-refractivity contribution is 0.111. The van der Waals surface area contributed by atoms with Crippen LogP contribution in [-0.2, 0) is 0 Å². The summed E-state index contributed by atoms with van der Waals surface area (Å²) in [6.45, 7) is 5.03. The van der Waals surface area contributed by atoms with Crippen molar-refractivity contribution in [3.05, 3.63) is 29.1 Å². The van der Waals surface area contributed by atoms with Crippen molar-refractivity contribution in [2.24, 2.45) is 0 Å². The van der Waals surface area contributed by atoms with Gasteiger partial charge in [0.05, 0.1) is 5.56 Å². The molecule has 4 nitrogen and oxygen atoms in total. The van der Waals surface area contributed by atoms with Crippen molar-refractivity contribution in [1.29, 1.82) is 0 Å². The molecule has 0 saturated carbocycles. The van der Waals surface area contributed by atoms with E-state index in [2.05, 4.69) is 0 Å². The Kier molecular flexibility index (Phi) is 4.37. The summed E-state index contributed by atoms with van der Waals surface area (Å²) >= 11 is 0. The molecule has 1 heterocycles. The second-order valence-electron chi connectivity index (χ2n) is 5.26. The minimum Gasteiger partial charge on any atom is -0.406 e. The van der Waals surface area contributed by atoms with Gasteiger partial charge in [-0.3, -0.25) is 4.79 Å². The van der Waals surface area contributed by atoms with Gasteiger partial charge in [0.25, 0.3) is 0 Å². The number of carbonyl (C=O) groups excluding carboxylic acids is 2. The first kappa shape index (κ1) is 14.5. The molecule has 0 radical (unpaired) electrons. The predicted molar refractivity (Wildman–Crippen MR) is 72.7 cm³/mol. The number of halogens is 1. The van der Waals surface area contributed by atoms with E-state index in [4.69, 9.17) is 4.74 Å². The Morgan fingerprint density at radius 2 is 2.00 bits per heavy atom. The van der Waals surface area contributed by atoms with E-state index >= 15 is 0 Å². The highest BCUT2D eigenvalue weighted by Crippen LogP contribution is 2.28. The van der Waals surface area contributed by atoms with E-state index in [1.807, 2.05) is 13.8 Å². The first-order chi connectivity index (χ1) is 9.52. The fourth-order valence-corrected chi connectivity index (χ4v) is 2.22. The number of amides is 1. The average molecular weight is 279 g/mol. The van der Waals surface area contributed by atoms with Crippen molar-refractivity contribution < 1.29 is 18.7 Å². The van der Waals surface area contributed by atoms with Crippen molar-refractivity contribution >= 4 is 12.4 Å². The SMILES string of the molecule is CC(C)c1cc(F)c(OC(=O)N2CCCC2)c(C=O)c1. The fraction of sp³-hybridized carbons (Fsp3) is 0.467. The maximum absolute atomic E-state index is 14.1. The molecule has 0 aromatic heterocycles. The molecule has 0 aliphatic carbocycles. The molecule has 5 heteroatoms. The number of ether oxygens (including phenoxy) is 1. The number of aldehydes is 1. The molecule has 0 unspecified atom stereocenters. The third-order valence-electron chi connectivity index (χ3n) is 3.44. The molecule has 1 amide bonds. The summed E-state index contributed by atoms with van der Waals surface area (Å²) in [5.74, 6) is -0.862. The van der Waals surface area contributed by atoms with Crippen LogP contribution in [0.15, 0.2) is 12.1 Å². The second kappa shape index (κ2) is 6.03. The monoisotopic (exact) mass is 279 g/mol. The smallest absolute Gasteiger partial charge is 0.406 e. The molecular weight excluding hydrogens is 261 g/mol. The fourth-order valence-electron chi connectivity index (χ4n) is 2.22. The maximum atomic E-state index is 14.1. The number of likely N-dealkylation sites (tertiary alicyclic amines) is 1. The van der Waals surface area contributed by atoms with Gasteiger partial charge in [-0.15, -0.1) is 0 Å². The van der Waals surface area contributed by atoms with E-state index < -0.39 is 11.9 Å². The van der Waals surface area contributed by atoms with Gasteiger partial charge in [-0.25, -0.2) is 9.18 Å². The molecule has 0 N–H and O–H groups in total.